The molecule has 0 unspecified atom stereocenters. The molecule has 0 atom stereocenters. The summed E-state index contributed by atoms with van der Waals surface area (Å²) in [6.45, 7) is 3.96. The second kappa shape index (κ2) is 3.66. The first kappa shape index (κ1) is 10.2. The van der Waals surface area contributed by atoms with Crippen molar-refractivity contribution in [3.8, 4) is 6.07 Å². The topological polar surface area (TPSA) is 85.1 Å². The zero-order chi connectivity index (χ0) is 11.7. The van der Waals surface area contributed by atoms with Crippen molar-refractivity contribution in [3.05, 3.63) is 29.1 Å². The normalized spacial score (nSPS) is 11.7. The molecule has 0 aliphatic heterocycles. The quantitative estimate of drug-likeness (QED) is 0.431. The smallest absolute Gasteiger partial charge is 0.221 e. The summed E-state index contributed by atoms with van der Waals surface area (Å²) in [5.41, 5.74) is 3.69. The zero-order valence-electron chi connectivity index (χ0n) is 8.94. The maximum atomic E-state index is 8.73. The Bertz CT molecular complexity index is 619. The Hall–Kier alpha value is -2.35. The van der Waals surface area contributed by atoms with Crippen molar-refractivity contribution in [1.29, 1.82) is 5.26 Å². The van der Waals surface area contributed by atoms with Crippen LogP contribution in [0.2, 0.25) is 0 Å². The van der Waals surface area contributed by atoms with Gasteiger partial charge in [0.25, 0.3) is 0 Å². The van der Waals surface area contributed by atoms with Crippen LogP contribution in [0.15, 0.2) is 17.3 Å². The number of hydrogen-bond donors (Lipinski definition) is 2. The van der Waals surface area contributed by atoms with Crippen LogP contribution < -0.4 is 0 Å². The molecule has 2 aromatic rings. The summed E-state index contributed by atoms with van der Waals surface area (Å²) in [7, 11) is 0. The van der Waals surface area contributed by atoms with Crippen LogP contribution >= 0.6 is 0 Å². The fraction of sp³-hybridized carbons (Fsp3) is 0.182. The average molecular weight is 214 g/mol. The minimum absolute atomic E-state index is 0.117. The van der Waals surface area contributed by atoms with Crippen molar-refractivity contribution in [2.75, 3.05) is 0 Å². The second-order valence-electron chi connectivity index (χ2n) is 3.55. The molecule has 16 heavy (non-hydrogen) atoms. The molecule has 0 aliphatic carbocycles. The molecule has 0 bridgehead atoms. The summed E-state index contributed by atoms with van der Waals surface area (Å²) in [5, 5.41) is 20.2. The third-order valence-corrected chi connectivity index (χ3v) is 2.61. The number of imidazole rings is 1. The van der Waals surface area contributed by atoms with E-state index in [4.69, 9.17) is 10.5 Å². The van der Waals surface area contributed by atoms with E-state index in [0.29, 0.717) is 0 Å². The van der Waals surface area contributed by atoms with Crippen molar-refractivity contribution in [2.24, 2.45) is 5.16 Å². The highest BCUT2D eigenvalue weighted by Crippen LogP contribution is 2.19. The van der Waals surface area contributed by atoms with Gasteiger partial charge in [0, 0.05) is 0 Å². The molecule has 0 saturated heterocycles. The molecule has 80 valence electrons. The van der Waals surface area contributed by atoms with Crippen molar-refractivity contribution in [1.82, 2.24) is 9.97 Å². The molecule has 5 nitrogen and oxygen atoms in total. The predicted molar refractivity (Wildman–Crippen MR) is 59.5 cm³/mol. The van der Waals surface area contributed by atoms with E-state index < -0.39 is 0 Å². The van der Waals surface area contributed by atoms with Gasteiger partial charge in [-0.2, -0.15) is 5.26 Å². The minimum Gasteiger partial charge on any atom is -0.410 e. The summed E-state index contributed by atoms with van der Waals surface area (Å²) in [4.78, 5) is 7.19. The van der Waals surface area contributed by atoms with Crippen LogP contribution in [0.5, 0.6) is 0 Å². The number of H-pyrrole nitrogens is 1. The van der Waals surface area contributed by atoms with Gasteiger partial charge in [-0.15, -0.1) is 0 Å². The Morgan fingerprint density at radius 2 is 2.25 bits per heavy atom. The number of nitriles is 1. The van der Waals surface area contributed by atoms with E-state index in [1.807, 2.05) is 26.0 Å². The van der Waals surface area contributed by atoms with Crippen molar-refractivity contribution < 1.29 is 5.21 Å². The molecule has 0 radical (unpaired) electrons. The number of aryl methyl sites for hydroxylation is 2. The van der Waals surface area contributed by atoms with Crippen LogP contribution in [-0.4, -0.2) is 20.9 Å². The van der Waals surface area contributed by atoms with Crippen molar-refractivity contribution in [3.63, 3.8) is 0 Å². The number of rotatable bonds is 1. The molecule has 0 amide bonds. The fourth-order valence-corrected chi connectivity index (χ4v) is 1.55. The molecule has 0 spiro atoms. The summed E-state index contributed by atoms with van der Waals surface area (Å²) < 4.78 is 0. The molecule has 1 aromatic heterocycles. The fourth-order valence-electron chi connectivity index (χ4n) is 1.55. The van der Waals surface area contributed by atoms with Gasteiger partial charge < -0.3 is 10.2 Å². The number of benzene rings is 1. The molecule has 0 fully saturated rings. The van der Waals surface area contributed by atoms with Gasteiger partial charge in [0.1, 0.15) is 6.07 Å². The molecular weight excluding hydrogens is 204 g/mol. The SMILES string of the molecule is Cc1ccc2[nH]c(/C(C#N)=N\O)nc2c1C. The van der Waals surface area contributed by atoms with E-state index in [2.05, 4.69) is 15.1 Å². The molecule has 0 saturated carbocycles. The first-order valence-corrected chi connectivity index (χ1v) is 4.76. The van der Waals surface area contributed by atoms with E-state index in [0.717, 1.165) is 22.2 Å². The maximum absolute atomic E-state index is 8.73. The Morgan fingerprint density at radius 1 is 1.50 bits per heavy atom. The number of fused-ring (bicyclic) bond motifs is 1. The molecule has 2 N–H and O–H groups in total. The summed E-state index contributed by atoms with van der Waals surface area (Å²) in [6.07, 6.45) is 0. The predicted octanol–water partition coefficient (Wildman–Crippen LogP) is 1.88. The standard InChI is InChI=1S/C11H10N4O/c1-6-3-4-8-10(7(6)2)14-11(13-8)9(5-12)15-16/h3-4,16H,1-2H3,(H,13,14)/b15-9-. The van der Waals surface area contributed by atoms with Gasteiger partial charge in [0.05, 0.1) is 11.0 Å². The Balaban J connectivity index is 2.71. The molecule has 2 rings (SSSR count). The van der Waals surface area contributed by atoms with Gasteiger partial charge in [-0.05, 0) is 31.0 Å². The minimum atomic E-state index is -0.117. The van der Waals surface area contributed by atoms with Gasteiger partial charge in [-0.3, -0.25) is 0 Å². The lowest BCUT2D eigenvalue weighted by atomic mass is 10.1. The summed E-state index contributed by atoms with van der Waals surface area (Å²) in [5.74, 6) is 0.286. The van der Waals surface area contributed by atoms with E-state index in [1.165, 1.54) is 0 Å². The number of nitrogens with one attached hydrogen (secondary N) is 1. The van der Waals surface area contributed by atoms with Crippen molar-refractivity contribution in [2.45, 2.75) is 13.8 Å². The Kier molecular flexibility index (Phi) is 2.33. The van der Waals surface area contributed by atoms with E-state index in [9.17, 15) is 0 Å². The number of aromatic nitrogens is 2. The van der Waals surface area contributed by atoms with Crippen molar-refractivity contribution >= 4 is 16.7 Å². The van der Waals surface area contributed by atoms with Crippen LogP contribution in [0, 0.1) is 25.2 Å². The molecule has 1 heterocycles. The lowest BCUT2D eigenvalue weighted by molar-refractivity contribution is 0.320. The largest absolute Gasteiger partial charge is 0.410 e. The molecule has 5 heteroatoms. The number of aromatic amines is 1. The van der Waals surface area contributed by atoms with Gasteiger partial charge in [-0.25, -0.2) is 4.98 Å². The highest BCUT2D eigenvalue weighted by Gasteiger charge is 2.11. The number of hydrogen-bond acceptors (Lipinski definition) is 4. The molecule has 1 aromatic carbocycles. The number of oxime groups is 1. The first-order chi connectivity index (χ1) is 7.67. The Morgan fingerprint density at radius 3 is 2.88 bits per heavy atom. The summed E-state index contributed by atoms with van der Waals surface area (Å²) >= 11 is 0. The second-order valence-corrected chi connectivity index (χ2v) is 3.55. The van der Waals surface area contributed by atoms with Gasteiger partial charge in [-0.1, -0.05) is 11.2 Å². The lowest BCUT2D eigenvalue weighted by Gasteiger charge is -1.98. The zero-order valence-corrected chi connectivity index (χ0v) is 8.94. The first-order valence-electron chi connectivity index (χ1n) is 4.76. The highest BCUT2D eigenvalue weighted by atomic mass is 16.4. The molecular formula is C11H10N4O. The van der Waals surface area contributed by atoms with Gasteiger partial charge in [0.15, 0.2) is 5.82 Å². The van der Waals surface area contributed by atoms with E-state index >= 15 is 0 Å². The monoisotopic (exact) mass is 214 g/mol. The third kappa shape index (κ3) is 1.41. The number of nitrogens with zero attached hydrogens (tertiary/aromatic N) is 3. The average Bonchev–Trinajstić information content (AvgIpc) is 2.70. The van der Waals surface area contributed by atoms with Gasteiger partial charge >= 0.3 is 0 Å². The van der Waals surface area contributed by atoms with E-state index in [-0.39, 0.29) is 11.5 Å². The van der Waals surface area contributed by atoms with Crippen LogP contribution in [0.1, 0.15) is 17.0 Å². The third-order valence-electron chi connectivity index (χ3n) is 2.61. The highest BCUT2D eigenvalue weighted by molar-refractivity contribution is 6.10. The Labute approximate surface area is 92.0 Å². The van der Waals surface area contributed by atoms with Crippen LogP contribution in [0.3, 0.4) is 0 Å². The van der Waals surface area contributed by atoms with E-state index in [1.54, 1.807) is 6.07 Å². The van der Waals surface area contributed by atoms with Crippen LogP contribution in [0.25, 0.3) is 11.0 Å². The van der Waals surface area contributed by atoms with Crippen LogP contribution in [-0.2, 0) is 0 Å². The van der Waals surface area contributed by atoms with Crippen LogP contribution in [0.4, 0.5) is 0 Å². The van der Waals surface area contributed by atoms with Gasteiger partial charge in [0.2, 0.25) is 5.71 Å². The maximum Gasteiger partial charge on any atom is 0.221 e. The lowest BCUT2D eigenvalue weighted by Crippen LogP contribution is -1.99. The molecule has 0 aliphatic rings. The summed E-state index contributed by atoms with van der Waals surface area (Å²) in [6, 6.07) is 5.63.